The topological polar surface area (TPSA) is 71.8 Å². The summed E-state index contributed by atoms with van der Waals surface area (Å²) in [4.78, 5) is 16.7. The third-order valence-electron chi connectivity index (χ3n) is 3.87. The second-order valence-corrected chi connectivity index (χ2v) is 5.93. The fourth-order valence-corrected chi connectivity index (χ4v) is 2.70. The molecule has 0 aliphatic heterocycles. The van der Waals surface area contributed by atoms with Gasteiger partial charge >= 0.3 is 6.03 Å². The maximum absolute atomic E-state index is 12.4. The molecule has 3 rings (SSSR count). The second-order valence-electron chi connectivity index (χ2n) is 5.93. The maximum Gasteiger partial charge on any atom is 0.319 e. The highest BCUT2D eigenvalue weighted by atomic mass is 16.2. The van der Waals surface area contributed by atoms with Crippen LogP contribution >= 0.6 is 0 Å². The molecule has 128 valence electrons. The largest absolute Gasteiger partial charge is 0.330 e. The highest BCUT2D eigenvalue weighted by molar-refractivity contribution is 5.91. The lowest BCUT2D eigenvalue weighted by molar-refractivity contribution is 0.249. The van der Waals surface area contributed by atoms with Crippen molar-refractivity contribution in [2.24, 2.45) is 0 Å². The number of nitrogens with one attached hydrogen (secondary N) is 2. The maximum atomic E-state index is 12.4. The second kappa shape index (κ2) is 7.17. The molecule has 2 N–H and O–H groups in total. The Morgan fingerprint density at radius 2 is 1.88 bits per heavy atom. The first-order valence-corrected chi connectivity index (χ1v) is 8.15. The third-order valence-corrected chi connectivity index (χ3v) is 3.87. The summed E-state index contributed by atoms with van der Waals surface area (Å²) in [5.74, 6) is 0. The van der Waals surface area contributed by atoms with Gasteiger partial charge in [-0.05, 0) is 51.1 Å². The van der Waals surface area contributed by atoms with Crippen LogP contribution in [0.25, 0.3) is 5.69 Å². The van der Waals surface area contributed by atoms with E-state index in [9.17, 15) is 4.79 Å². The number of benzene rings is 1. The summed E-state index contributed by atoms with van der Waals surface area (Å²) in [5, 5.41) is 10.3. The van der Waals surface area contributed by atoms with Gasteiger partial charge in [-0.2, -0.15) is 5.10 Å². The van der Waals surface area contributed by atoms with Crippen LogP contribution in [0.2, 0.25) is 0 Å². The third kappa shape index (κ3) is 3.85. The Hall–Kier alpha value is -3.15. The van der Waals surface area contributed by atoms with Gasteiger partial charge in [-0.25, -0.2) is 9.48 Å². The lowest BCUT2D eigenvalue weighted by Crippen LogP contribution is -2.32. The number of amides is 2. The number of carbonyl (C=O) groups excluding carboxylic acids is 1. The Morgan fingerprint density at radius 1 is 1.12 bits per heavy atom. The van der Waals surface area contributed by atoms with Crippen molar-refractivity contribution in [2.75, 3.05) is 5.32 Å². The molecule has 6 nitrogen and oxygen atoms in total. The number of hydrogen-bond acceptors (Lipinski definition) is 3. The first kappa shape index (κ1) is 16.7. The molecule has 2 amide bonds. The van der Waals surface area contributed by atoms with Crippen LogP contribution < -0.4 is 10.6 Å². The summed E-state index contributed by atoms with van der Waals surface area (Å²) < 4.78 is 1.83. The van der Waals surface area contributed by atoms with Crippen molar-refractivity contribution in [1.82, 2.24) is 20.1 Å². The van der Waals surface area contributed by atoms with Gasteiger partial charge in [0.25, 0.3) is 0 Å². The van der Waals surface area contributed by atoms with Crippen LogP contribution in [0, 0.1) is 13.8 Å². The van der Waals surface area contributed by atoms with Gasteiger partial charge in [0.1, 0.15) is 0 Å². The summed E-state index contributed by atoms with van der Waals surface area (Å²) in [6.07, 6.45) is 1.71. The number of urea groups is 1. The van der Waals surface area contributed by atoms with E-state index in [0.717, 1.165) is 22.8 Å². The van der Waals surface area contributed by atoms with Crippen LogP contribution in [0.4, 0.5) is 10.5 Å². The molecule has 1 atom stereocenters. The number of aryl methyl sites for hydroxylation is 2. The van der Waals surface area contributed by atoms with E-state index in [2.05, 4.69) is 20.7 Å². The standard InChI is InChI=1S/C19H21N5O/c1-13-12-14(2)24(23-13)18-10-5-4-9-17(18)22-19(25)21-15(3)16-8-6-7-11-20-16/h4-12,15H,1-3H3,(H2,21,22,25). The zero-order valence-corrected chi connectivity index (χ0v) is 14.5. The van der Waals surface area contributed by atoms with E-state index in [1.807, 2.05) is 74.0 Å². The monoisotopic (exact) mass is 335 g/mol. The Kier molecular flexibility index (Phi) is 4.79. The highest BCUT2D eigenvalue weighted by Gasteiger charge is 2.13. The van der Waals surface area contributed by atoms with E-state index >= 15 is 0 Å². The molecule has 1 unspecified atom stereocenters. The molecular formula is C19H21N5O. The molecule has 1 aromatic carbocycles. The fraction of sp³-hybridized carbons (Fsp3) is 0.211. The molecule has 2 heterocycles. The molecule has 2 aromatic heterocycles. The molecule has 25 heavy (non-hydrogen) atoms. The molecule has 0 radical (unpaired) electrons. The number of aromatic nitrogens is 3. The predicted octanol–water partition coefficient (Wildman–Crippen LogP) is 3.77. The summed E-state index contributed by atoms with van der Waals surface area (Å²) in [6, 6.07) is 14.7. The molecule has 6 heteroatoms. The Morgan fingerprint density at radius 3 is 2.56 bits per heavy atom. The van der Waals surface area contributed by atoms with Crippen molar-refractivity contribution in [3.8, 4) is 5.69 Å². The van der Waals surface area contributed by atoms with Crippen molar-refractivity contribution >= 4 is 11.7 Å². The number of rotatable bonds is 4. The average molecular weight is 335 g/mol. The van der Waals surface area contributed by atoms with E-state index in [4.69, 9.17) is 0 Å². The number of hydrogen-bond donors (Lipinski definition) is 2. The fourth-order valence-electron chi connectivity index (χ4n) is 2.70. The van der Waals surface area contributed by atoms with E-state index in [-0.39, 0.29) is 12.1 Å². The minimum absolute atomic E-state index is 0.193. The molecule has 0 saturated heterocycles. The lowest BCUT2D eigenvalue weighted by atomic mass is 10.2. The van der Waals surface area contributed by atoms with E-state index in [1.165, 1.54) is 0 Å². The quantitative estimate of drug-likeness (QED) is 0.762. The molecular weight excluding hydrogens is 314 g/mol. The first-order chi connectivity index (χ1) is 12.0. The van der Waals surface area contributed by atoms with Crippen LogP contribution in [0.3, 0.4) is 0 Å². The number of carbonyl (C=O) groups is 1. The zero-order valence-electron chi connectivity index (χ0n) is 14.5. The summed E-state index contributed by atoms with van der Waals surface area (Å²) in [7, 11) is 0. The predicted molar refractivity (Wildman–Crippen MR) is 97.8 cm³/mol. The smallest absolute Gasteiger partial charge is 0.319 e. The van der Waals surface area contributed by atoms with Gasteiger partial charge in [0.05, 0.1) is 28.8 Å². The van der Waals surface area contributed by atoms with E-state index in [0.29, 0.717) is 5.69 Å². The molecule has 0 saturated carbocycles. The lowest BCUT2D eigenvalue weighted by Gasteiger charge is -2.16. The number of pyridine rings is 1. The summed E-state index contributed by atoms with van der Waals surface area (Å²) >= 11 is 0. The van der Waals surface area contributed by atoms with Crippen molar-refractivity contribution in [3.63, 3.8) is 0 Å². The van der Waals surface area contributed by atoms with Crippen LogP contribution in [-0.2, 0) is 0 Å². The van der Waals surface area contributed by atoms with Gasteiger partial charge in [0, 0.05) is 11.9 Å². The van der Waals surface area contributed by atoms with Gasteiger partial charge < -0.3 is 10.6 Å². The molecule has 0 spiro atoms. The molecule has 0 bridgehead atoms. The van der Waals surface area contributed by atoms with Gasteiger partial charge in [0.15, 0.2) is 0 Å². The minimum atomic E-state index is -0.285. The number of nitrogens with zero attached hydrogens (tertiary/aromatic N) is 3. The molecule has 0 aliphatic carbocycles. The van der Waals surface area contributed by atoms with Crippen LogP contribution in [-0.4, -0.2) is 20.8 Å². The average Bonchev–Trinajstić information content (AvgIpc) is 2.94. The van der Waals surface area contributed by atoms with Crippen LogP contribution in [0.1, 0.15) is 30.0 Å². The highest BCUT2D eigenvalue weighted by Crippen LogP contribution is 2.21. The van der Waals surface area contributed by atoms with Gasteiger partial charge in [-0.15, -0.1) is 0 Å². The van der Waals surface area contributed by atoms with Gasteiger partial charge in [-0.1, -0.05) is 18.2 Å². The van der Waals surface area contributed by atoms with Crippen molar-refractivity contribution in [2.45, 2.75) is 26.8 Å². The number of para-hydroxylation sites is 2. The Balaban J connectivity index is 1.77. The minimum Gasteiger partial charge on any atom is -0.330 e. The molecule has 3 aromatic rings. The van der Waals surface area contributed by atoms with E-state index in [1.54, 1.807) is 6.20 Å². The summed E-state index contributed by atoms with van der Waals surface area (Å²) in [5.41, 5.74) is 4.27. The summed E-state index contributed by atoms with van der Waals surface area (Å²) in [6.45, 7) is 5.83. The Bertz CT molecular complexity index is 873. The molecule has 0 fully saturated rings. The molecule has 0 aliphatic rings. The van der Waals surface area contributed by atoms with Crippen LogP contribution in [0.15, 0.2) is 54.7 Å². The Labute approximate surface area is 146 Å². The van der Waals surface area contributed by atoms with Gasteiger partial charge in [-0.3, -0.25) is 4.98 Å². The zero-order chi connectivity index (χ0) is 17.8. The van der Waals surface area contributed by atoms with Crippen molar-refractivity contribution < 1.29 is 4.79 Å². The SMILES string of the molecule is Cc1cc(C)n(-c2ccccc2NC(=O)NC(C)c2ccccn2)n1. The van der Waals surface area contributed by atoms with Crippen molar-refractivity contribution in [3.05, 3.63) is 71.8 Å². The van der Waals surface area contributed by atoms with Gasteiger partial charge in [0.2, 0.25) is 0 Å². The normalized spacial score (nSPS) is 11.8. The van der Waals surface area contributed by atoms with Crippen LogP contribution in [0.5, 0.6) is 0 Å². The number of anilines is 1. The first-order valence-electron chi connectivity index (χ1n) is 8.15. The van der Waals surface area contributed by atoms with Crippen molar-refractivity contribution in [1.29, 1.82) is 0 Å². The van der Waals surface area contributed by atoms with E-state index < -0.39 is 0 Å².